The molecule has 0 radical (unpaired) electrons. The standard InChI is InChI=1S/C24H22F2O4/c1-15(2)22(12-11-20(27)13-21(28)14-23(29)30)24(16-3-7-18(25)8-4-16)17-5-9-19(26)10-6-17/h3-12,15H,13-14H2,1-2H3,(H,29,30)/p-1/b12-11+. The van der Waals surface area contributed by atoms with Gasteiger partial charge in [-0.2, -0.15) is 0 Å². The topological polar surface area (TPSA) is 74.3 Å². The van der Waals surface area contributed by atoms with E-state index in [4.69, 9.17) is 0 Å². The van der Waals surface area contributed by atoms with Crippen LogP contribution in [0.25, 0.3) is 5.57 Å². The van der Waals surface area contributed by atoms with Crippen LogP contribution < -0.4 is 5.11 Å². The van der Waals surface area contributed by atoms with Crippen LogP contribution in [0.4, 0.5) is 8.78 Å². The van der Waals surface area contributed by atoms with E-state index in [2.05, 4.69) is 0 Å². The molecule has 2 aromatic rings. The SMILES string of the molecule is CC(C)C(/C=C/C(=O)CC(=O)CC(=O)[O-])=C(c1ccc(F)cc1)c1ccc(F)cc1. The summed E-state index contributed by atoms with van der Waals surface area (Å²) in [7, 11) is 0. The van der Waals surface area contributed by atoms with Gasteiger partial charge in [0.1, 0.15) is 17.4 Å². The second kappa shape index (κ2) is 10.4. The normalized spacial score (nSPS) is 11.0. The van der Waals surface area contributed by atoms with E-state index in [1.165, 1.54) is 30.3 Å². The first-order valence-corrected chi connectivity index (χ1v) is 9.36. The van der Waals surface area contributed by atoms with Crippen molar-refractivity contribution < 1.29 is 28.3 Å². The molecule has 0 unspecified atom stereocenters. The van der Waals surface area contributed by atoms with Crippen LogP contribution in [-0.4, -0.2) is 17.5 Å². The minimum absolute atomic E-state index is 0.0712. The zero-order chi connectivity index (χ0) is 22.3. The molecule has 2 rings (SSSR count). The second-order valence-corrected chi connectivity index (χ2v) is 7.06. The molecule has 0 aliphatic heterocycles. The maximum atomic E-state index is 13.4. The summed E-state index contributed by atoms with van der Waals surface area (Å²) >= 11 is 0. The molecule has 0 aliphatic rings. The van der Waals surface area contributed by atoms with Gasteiger partial charge in [0.05, 0.1) is 6.42 Å². The van der Waals surface area contributed by atoms with Gasteiger partial charge in [0.2, 0.25) is 0 Å². The molecule has 0 fully saturated rings. The lowest BCUT2D eigenvalue weighted by atomic mass is 9.87. The Kier molecular flexibility index (Phi) is 7.92. The van der Waals surface area contributed by atoms with Crippen molar-refractivity contribution in [1.29, 1.82) is 0 Å². The molecular weight excluding hydrogens is 390 g/mol. The maximum absolute atomic E-state index is 13.4. The molecule has 0 heterocycles. The van der Waals surface area contributed by atoms with Crippen molar-refractivity contribution in [3.05, 3.63) is 89.0 Å². The molecule has 30 heavy (non-hydrogen) atoms. The van der Waals surface area contributed by atoms with E-state index in [0.717, 1.165) is 0 Å². The van der Waals surface area contributed by atoms with Gasteiger partial charge in [0, 0.05) is 12.4 Å². The fraction of sp³-hybridized carbons (Fsp3) is 0.208. The van der Waals surface area contributed by atoms with E-state index < -0.39 is 42.0 Å². The quantitative estimate of drug-likeness (QED) is 0.359. The highest BCUT2D eigenvalue weighted by Crippen LogP contribution is 2.31. The number of carbonyl (C=O) groups is 3. The lowest BCUT2D eigenvalue weighted by Gasteiger charge is -2.17. The summed E-state index contributed by atoms with van der Waals surface area (Å²) in [6.45, 7) is 3.80. The Balaban J connectivity index is 2.49. The highest BCUT2D eigenvalue weighted by Gasteiger charge is 2.15. The van der Waals surface area contributed by atoms with Gasteiger partial charge in [0.25, 0.3) is 0 Å². The van der Waals surface area contributed by atoms with Crippen LogP contribution in [0.1, 0.15) is 37.8 Å². The fourth-order valence-electron chi connectivity index (χ4n) is 2.96. The predicted octanol–water partition coefficient (Wildman–Crippen LogP) is 3.65. The van der Waals surface area contributed by atoms with Gasteiger partial charge in [-0.05, 0) is 58.5 Å². The first kappa shape index (κ1) is 22.9. The van der Waals surface area contributed by atoms with Crippen LogP contribution in [0.5, 0.6) is 0 Å². The van der Waals surface area contributed by atoms with Crippen molar-refractivity contribution in [3.8, 4) is 0 Å². The van der Waals surface area contributed by atoms with Gasteiger partial charge >= 0.3 is 0 Å². The molecule has 0 amide bonds. The zero-order valence-corrected chi connectivity index (χ0v) is 16.7. The number of halogens is 2. The molecule has 2 aromatic carbocycles. The largest absolute Gasteiger partial charge is 0.550 e. The molecule has 4 nitrogen and oxygen atoms in total. The maximum Gasteiger partial charge on any atom is 0.163 e. The van der Waals surface area contributed by atoms with E-state index in [1.54, 1.807) is 30.3 Å². The molecule has 0 aliphatic carbocycles. The lowest BCUT2D eigenvalue weighted by molar-refractivity contribution is -0.304. The van der Waals surface area contributed by atoms with Crippen molar-refractivity contribution >= 4 is 23.1 Å². The summed E-state index contributed by atoms with van der Waals surface area (Å²) in [6, 6.07) is 11.6. The van der Waals surface area contributed by atoms with Crippen LogP contribution in [0.3, 0.4) is 0 Å². The molecule has 6 heteroatoms. The Morgan fingerprint density at radius 1 is 0.833 bits per heavy atom. The highest BCUT2D eigenvalue weighted by molar-refractivity contribution is 6.08. The van der Waals surface area contributed by atoms with Gasteiger partial charge < -0.3 is 9.90 Å². The van der Waals surface area contributed by atoms with Gasteiger partial charge in [-0.3, -0.25) is 9.59 Å². The third-order valence-electron chi connectivity index (χ3n) is 4.34. The Labute approximate surface area is 173 Å². The number of carboxylic acids is 1. The molecule has 0 saturated heterocycles. The highest BCUT2D eigenvalue weighted by atomic mass is 19.1. The smallest absolute Gasteiger partial charge is 0.163 e. The lowest BCUT2D eigenvalue weighted by Crippen LogP contribution is -2.25. The van der Waals surface area contributed by atoms with Gasteiger partial charge in [0.15, 0.2) is 5.78 Å². The summed E-state index contributed by atoms with van der Waals surface area (Å²) < 4.78 is 26.9. The fourth-order valence-corrected chi connectivity index (χ4v) is 2.96. The number of allylic oxidation sites excluding steroid dienone is 3. The van der Waals surface area contributed by atoms with Gasteiger partial charge in [-0.15, -0.1) is 0 Å². The van der Waals surface area contributed by atoms with Crippen molar-refractivity contribution in [3.63, 3.8) is 0 Å². The van der Waals surface area contributed by atoms with Crippen LogP contribution in [-0.2, 0) is 14.4 Å². The van der Waals surface area contributed by atoms with Crippen molar-refractivity contribution in [2.75, 3.05) is 0 Å². The molecule has 0 spiro atoms. The number of hydrogen-bond donors (Lipinski definition) is 0. The second-order valence-electron chi connectivity index (χ2n) is 7.06. The summed E-state index contributed by atoms with van der Waals surface area (Å²) in [5.41, 5.74) is 2.76. The summed E-state index contributed by atoms with van der Waals surface area (Å²) in [5, 5.41) is 10.5. The number of rotatable bonds is 9. The average molecular weight is 411 g/mol. The number of carbonyl (C=O) groups excluding carboxylic acids is 3. The van der Waals surface area contributed by atoms with Crippen LogP contribution in [0, 0.1) is 17.6 Å². The minimum Gasteiger partial charge on any atom is -0.550 e. The first-order chi connectivity index (χ1) is 14.2. The molecule has 0 bridgehead atoms. The van der Waals surface area contributed by atoms with Crippen LogP contribution in [0.15, 0.2) is 66.3 Å². The Morgan fingerprint density at radius 2 is 1.30 bits per heavy atom. The van der Waals surface area contributed by atoms with Gasteiger partial charge in [-0.25, -0.2) is 8.78 Å². The Morgan fingerprint density at radius 3 is 1.70 bits per heavy atom. The predicted molar refractivity (Wildman–Crippen MR) is 107 cm³/mol. The van der Waals surface area contributed by atoms with Crippen molar-refractivity contribution in [2.24, 2.45) is 5.92 Å². The number of Topliss-reactive ketones (excluding diaryl/α,β-unsaturated/α-hetero) is 1. The Bertz CT molecular complexity index is 937. The third-order valence-corrected chi connectivity index (χ3v) is 4.34. The molecular formula is C24H21F2O4-. The summed E-state index contributed by atoms with van der Waals surface area (Å²) in [5.74, 6) is -3.69. The zero-order valence-electron chi connectivity index (χ0n) is 16.7. The average Bonchev–Trinajstić information content (AvgIpc) is 2.66. The number of ketones is 2. The number of hydrogen-bond acceptors (Lipinski definition) is 4. The first-order valence-electron chi connectivity index (χ1n) is 9.36. The van der Waals surface area contributed by atoms with E-state index in [-0.39, 0.29) is 5.92 Å². The van der Waals surface area contributed by atoms with E-state index in [9.17, 15) is 28.3 Å². The number of carboxylic acid groups (broad SMARTS) is 1. The monoisotopic (exact) mass is 411 g/mol. The molecule has 0 aromatic heterocycles. The minimum atomic E-state index is -1.53. The van der Waals surface area contributed by atoms with Gasteiger partial charge in [-0.1, -0.05) is 44.2 Å². The molecule has 0 N–H and O–H groups in total. The van der Waals surface area contributed by atoms with E-state index in [0.29, 0.717) is 22.3 Å². The Hall–Kier alpha value is -3.41. The van der Waals surface area contributed by atoms with Crippen LogP contribution in [0.2, 0.25) is 0 Å². The van der Waals surface area contributed by atoms with E-state index >= 15 is 0 Å². The summed E-state index contributed by atoms with van der Waals surface area (Å²) in [4.78, 5) is 34.1. The van der Waals surface area contributed by atoms with Crippen molar-refractivity contribution in [2.45, 2.75) is 26.7 Å². The van der Waals surface area contributed by atoms with Crippen molar-refractivity contribution in [1.82, 2.24) is 0 Å². The number of aliphatic carboxylic acids is 1. The van der Waals surface area contributed by atoms with Crippen LogP contribution >= 0.6 is 0 Å². The molecule has 0 saturated carbocycles. The summed E-state index contributed by atoms with van der Waals surface area (Å²) in [6.07, 6.45) is 1.41. The molecule has 156 valence electrons. The molecule has 0 atom stereocenters. The van der Waals surface area contributed by atoms with E-state index in [1.807, 2.05) is 13.8 Å². The number of benzene rings is 2. The third kappa shape index (κ3) is 6.58.